The van der Waals surface area contributed by atoms with Crippen LogP contribution in [0.5, 0.6) is 5.75 Å². The number of aryl methyl sites for hydroxylation is 1. The summed E-state index contributed by atoms with van der Waals surface area (Å²) in [6, 6.07) is 9.19. The molecule has 0 saturated carbocycles. The molecule has 2 aromatic carbocycles. The summed E-state index contributed by atoms with van der Waals surface area (Å²) in [4.78, 5) is 38.8. The Kier molecular flexibility index (Phi) is 4.99. The van der Waals surface area contributed by atoms with Gasteiger partial charge in [0, 0.05) is 17.8 Å². The fourth-order valence-electron chi connectivity index (χ4n) is 3.00. The molecule has 0 atom stereocenters. The van der Waals surface area contributed by atoms with Crippen LogP contribution in [-0.2, 0) is 0 Å². The van der Waals surface area contributed by atoms with E-state index < -0.39 is 0 Å². The summed E-state index contributed by atoms with van der Waals surface area (Å²) in [5, 5.41) is 12.2. The molecule has 0 saturated heterocycles. The number of aromatic hydroxyl groups is 1. The van der Waals surface area contributed by atoms with Gasteiger partial charge in [0.15, 0.2) is 0 Å². The van der Waals surface area contributed by atoms with Crippen LogP contribution >= 0.6 is 0 Å². The van der Waals surface area contributed by atoms with E-state index in [4.69, 9.17) is 0 Å². The summed E-state index contributed by atoms with van der Waals surface area (Å²) in [6.45, 7) is 6.21. The molecule has 0 radical (unpaired) electrons. The third kappa shape index (κ3) is 3.69. The third-order valence-electron chi connectivity index (χ3n) is 4.62. The van der Waals surface area contributed by atoms with Gasteiger partial charge in [-0.2, -0.15) is 0 Å². The molecule has 140 valence electrons. The molecule has 0 unspecified atom stereocenters. The minimum Gasteiger partial charge on any atom is -0.508 e. The molecule has 0 aliphatic carbocycles. The summed E-state index contributed by atoms with van der Waals surface area (Å²) in [5.74, 6) is -0.548. The lowest BCUT2D eigenvalue weighted by atomic mass is 10.0. The molecule has 3 rings (SSSR count). The molecule has 2 N–H and O–H groups in total. The maximum atomic E-state index is 12.6. The molecule has 1 aliphatic rings. The van der Waals surface area contributed by atoms with E-state index in [1.807, 2.05) is 13.8 Å². The molecule has 27 heavy (non-hydrogen) atoms. The maximum absolute atomic E-state index is 12.6. The Hall–Kier alpha value is -3.15. The summed E-state index contributed by atoms with van der Waals surface area (Å²) in [5.41, 5.74) is 2.18. The Balaban J connectivity index is 1.82. The minimum atomic E-state index is -0.382. The standard InChI is InChI=1S/C21H22N2O4/c1-12(2)8-9-23-20(26)16-6-4-14(11-17(16)21(23)27)19(25)22-18-7-5-15(24)10-13(18)3/h4-7,10-12,24H,8-9H2,1-3H3,(H,22,25). The van der Waals surface area contributed by atoms with Crippen molar-refractivity contribution in [3.05, 3.63) is 58.7 Å². The monoisotopic (exact) mass is 366 g/mol. The molecule has 0 spiro atoms. The Labute approximate surface area is 157 Å². The summed E-state index contributed by atoms with van der Waals surface area (Å²) >= 11 is 0. The summed E-state index contributed by atoms with van der Waals surface area (Å²) in [6.07, 6.45) is 0.735. The Bertz CT molecular complexity index is 934. The van der Waals surface area contributed by atoms with Crippen LogP contribution in [-0.4, -0.2) is 34.3 Å². The number of nitrogens with one attached hydrogen (secondary N) is 1. The Morgan fingerprint density at radius 2 is 1.78 bits per heavy atom. The second kappa shape index (κ2) is 7.23. The normalized spacial score (nSPS) is 13.3. The lowest BCUT2D eigenvalue weighted by molar-refractivity contribution is 0.0647. The van der Waals surface area contributed by atoms with Gasteiger partial charge in [-0.05, 0) is 61.2 Å². The second-order valence-corrected chi connectivity index (χ2v) is 7.16. The Morgan fingerprint density at radius 1 is 1.07 bits per heavy atom. The van der Waals surface area contributed by atoms with Crippen molar-refractivity contribution in [1.82, 2.24) is 4.90 Å². The number of phenolic OH excluding ortho intramolecular Hbond substituents is 1. The molecule has 0 aromatic heterocycles. The number of anilines is 1. The van der Waals surface area contributed by atoms with E-state index in [9.17, 15) is 19.5 Å². The first kappa shape index (κ1) is 18.6. The SMILES string of the molecule is Cc1cc(O)ccc1NC(=O)c1ccc2c(c1)C(=O)N(CCC(C)C)C2=O. The van der Waals surface area contributed by atoms with Crippen LogP contribution < -0.4 is 5.32 Å². The number of hydrogen-bond donors (Lipinski definition) is 2. The number of phenols is 1. The number of benzene rings is 2. The number of carbonyl (C=O) groups is 3. The quantitative estimate of drug-likeness (QED) is 0.625. The third-order valence-corrected chi connectivity index (χ3v) is 4.62. The first-order chi connectivity index (χ1) is 12.8. The highest BCUT2D eigenvalue weighted by molar-refractivity contribution is 6.22. The zero-order valence-electron chi connectivity index (χ0n) is 15.6. The van der Waals surface area contributed by atoms with Gasteiger partial charge in [0.05, 0.1) is 11.1 Å². The van der Waals surface area contributed by atoms with E-state index in [0.29, 0.717) is 29.3 Å². The summed E-state index contributed by atoms with van der Waals surface area (Å²) < 4.78 is 0. The van der Waals surface area contributed by atoms with Crippen LogP contribution in [0.1, 0.15) is 56.9 Å². The van der Waals surface area contributed by atoms with Crippen molar-refractivity contribution in [2.24, 2.45) is 5.92 Å². The van der Waals surface area contributed by atoms with E-state index in [1.165, 1.54) is 23.1 Å². The van der Waals surface area contributed by atoms with Crippen molar-refractivity contribution in [1.29, 1.82) is 0 Å². The average Bonchev–Trinajstić information content (AvgIpc) is 2.85. The largest absolute Gasteiger partial charge is 0.508 e. The van der Waals surface area contributed by atoms with Gasteiger partial charge < -0.3 is 10.4 Å². The number of imide groups is 1. The lowest BCUT2D eigenvalue weighted by Crippen LogP contribution is -2.31. The van der Waals surface area contributed by atoms with E-state index in [-0.39, 0.29) is 29.0 Å². The molecular formula is C21H22N2O4. The maximum Gasteiger partial charge on any atom is 0.261 e. The minimum absolute atomic E-state index is 0.119. The number of fused-ring (bicyclic) bond motifs is 1. The molecule has 0 bridgehead atoms. The first-order valence-electron chi connectivity index (χ1n) is 8.89. The fourth-order valence-corrected chi connectivity index (χ4v) is 3.00. The Morgan fingerprint density at radius 3 is 2.44 bits per heavy atom. The molecular weight excluding hydrogens is 344 g/mol. The molecule has 1 aliphatic heterocycles. The van der Waals surface area contributed by atoms with Crippen molar-refractivity contribution in [2.75, 3.05) is 11.9 Å². The van der Waals surface area contributed by atoms with E-state index >= 15 is 0 Å². The van der Waals surface area contributed by atoms with Crippen LogP contribution in [0, 0.1) is 12.8 Å². The first-order valence-corrected chi connectivity index (χ1v) is 8.89. The molecule has 3 amide bonds. The molecule has 1 heterocycles. The van der Waals surface area contributed by atoms with Crippen molar-refractivity contribution in [2.45, 2.75) is 27.2 Å². The van der Waals surface area contributed by atoms with Gasteiger partial charge in [0.2, 0.25) is 0 Å². The van der Waals surface area contributed by atoms with Gasteiger partial charge in [-0.1, -0.05) is 13.8 Å². The van der Waals surface area contributed by atoms with Gasteiger partial charge in [-0.25, -0.2) is 0 Å². The smallest absolute Gasteiger partial charge is 0.261 e. The highest BCUT2D eigenvalue weighted by atomic mass is 16.3. The van der Waals surface area contributed by atoms with Gasteiger partial charge in [-0.15, -0.1) is 0 Å². The number of nitrogens with zero attached hydrogens (tertiary/aromatic N) is 1. The van der Waals surface area contributed by atoms with E-state index in [1.54, 1.807) is 25.1 Å². The highest BCUT2D eigenvalue weighted by Gasteiger charge is 2.35. The highest BCUT2D eigenvalue weighted by Crippen LogP contribution is 2.26. The van der Waals surface area contributed by atoms with Gasteiger partial charge >= 0.3 is 0 Å². The van der Waals surface area contributed by atoms with E-state index in [2.05, 4.69) is 5.32 Å². The molecule has 6 nitrogen and oxygen atoms in total. The van der Waals surface area contributed by atoms with Crippen molar-refractivity contribution >= 4 is 23.4 Å². The number of amides is 3. The molecule has 2 aromatic rings. The summed E-state index contributed by atoms with van der Waals surface area (Å²) in [7, 11) is 0. The van der Waals surface area contributed by atoms with Crippen molar-refractivity contribution in [3.63, 3.8) is 0 Å². The van der Waals surface area contributed by atoms with E-state index in [0.717, 1.165) is 12.0 Å². The zero-order chi connectivity index (χ0) is 19.7. The zero-order valence-corrected chi connectivity index (χ0v) is 15.6. The molecule has 6 heteroatoms. The topological polar surface area (TPSA) is 86.7 Å². The number of rotatable bonds is 5. The van der Waals surface area contributed by atoms with Crippen LogP contribution in [0.25, 0.3) is 0 Å². The van der Waals surface area contributed by atoms with Crippen molar-refractivity contribution < 1.29 is 19.5 Å². The molecule has 0 fully saturated rings. The van der Waals surface area contributed by atoms with Crippen LogP contribution in [0.3, 0.4) is 0 Å². The van der Waals surface area contributed by atoms with Gasteiger partial charge in [0.25, 0.3) is 17.7 Å². The van der Waals surface area contributed by atoms with Gasteiger partial charge in [0.1, 0.15) is 5.75 Å². The number of carbonyl (C=O) groups excluding carboxylic acids is 3. The second-order valence-electron chi connectivity index (χ2n) is 7.16. The van der Waals surface area contributed by atoms with Crippen LogP contribution in [0.4, 0.5) is 5.69 Å². The van der Waals surface area contributed by atoms with Crippen LogP contribution in [0.15, 0.2) is 36.4 Å². The number of hydrogen-bond acceptors (Lipinski definition) is 4. The predicted molar refractivity (Wildman–Crippen MR) is 102 cm³/mol. The predicted octanol–water partition coefficient (Wildman–Crippen LogP) is 3.60. The fraction of sp³-hybridized carbons (Fsp3) is 0.286. The lowest BCUT2D eigenvalue weighted by Gasteiger charge is -2.14. The average molecular weight is 366 g/mol. The van der Waals surface area contributed by atoms with Crippen molar-refractivity contribution in [3.8, 4) is 5.75 Å². The van der Waals surface area contributed by atoms with Gasteiger partial charge in [-0.3, -0.25) is 19.3 Å². The van der Waals surface area contributed by atoms with Crippen LogP contribution in [0.2, 0.25) is 0 Å².